The van der Waals surface area contributed by atoms with E-state index >= 15 is 0 Å². The van der Waals surface area contributed by atoms with Gasteiger partial charge >= 0.3 is 0 Å². The number of aromatic nitrogens is 4. The first-order valence-electron chi connectivity index (χ1n) is 13.9. The molecular weight excluding hydrogens is 544 g/mol. The molecule has 0 radical (unpaired) electrons. The molecule has 41 heavy (non-hydrogen) atoms. The molecular formula is C28H36N8O4S. The fourth-order valence-corrected chi connectivity index (χ4v) is 5.40. The number of carbonyl (C=O) groups is 4. The van der Waals surface area contributed by atoms with Gasteiger partial charge in [0.25, 0.3) is 5.91 Å². The van der Waals surface area contributed by atoms with Crippen molar-refractivity contribution in [3.63, 3.8) is 0 Å². The van der Waals surface area contributed by atoms with Gasteiger partial charge in [0.2, 0.25) is 17.7 Å². The van der Waals surface area contributed by atoms with Gasteiger partial charge in [-0.25, -0.2) is 9.97 Å². The summed E-state index contributed by atoms with van der Waals surface area (Å²) in [7, 11) is 0. The van der Waals surface area contributed by atoms with E-state index < -0.39 is 24.0 Å². The van der Waals surface area contributed by atoms with E-state index in [0.717, 1.165) is 5.56 Å². The molecule has 12 nitrogen and oxygen atoms in total. The van der Waals surface area contributed by atoms with Crippen molar-refractivity contribution in [2.24, 2.45) is 0 Å². The average molecular weight is 581 g/mol. The molecule has 13 heteroatoms. The molecule has 2 aromatic heterocycles. The standard InChI is InChI=1S/C28H36N8O4S/c1-2-20-26(39)34-22(15-19-9-4-3-5-10-19)28-35-23(16-41-28)25(38)30-13-7-6-11-21(27(40)33-20)32-24(37)12-8-14-36-18-29-17-31-36/h3-5,9-10,16-18,20-22H,2,6-8,11-15H2,1H3,(H,30,38)(H,32,37)(H,33,40)(H,34,39)/t20-,21+,22+/m1/s1. The Balaban J connectivity index is 1.47. The Hall–Kier alpha value is -4.13. The molecule has 0 spiro atoms. The highest BCUT2D eigenvalue weighted by atomic mass is 32.1. The van der Waals surface area contributed by atoms with Gasteiger partial charge in [-0.15, -0.1) is 11.3 Å². The molecule has 2 bridgehead atoms. The van der Waals surface area contributed by atoms with Crippen LogP contribution in [0.25, 0.3) is 0 Å². The number of thiazole rings is 1. The Bertz CT molecular complexity index is 1300. The van der Waals surface area contributed by atoms with Crippen LogP contribution < -0.4 is 21.3 Å². The second-order valence-electron chi connectivity index (χ2n) is 9.93. The van der Waals surface area contributed by atoms with Crippen molar-refractivity contribution in [1.29, 1.82) is 0 Å². The maximum atomic E-state index is 13.4. The summed E-state index contributed by atoms with van der Waals surface area (Å²) >= 11 is 1.31. The Morgan fingerprint density at radius 1 is 1.10 bits per heavy atom. The van der Waals surface area contributed by atoms with Crippen molar-refractivity contribution in [1.82, 2.24) is 41.0 Å². The van der Waals surface area contributed by atoms with Gasteiger partial charge in [-0.1, -0.05) is 37.3 Å². The van der Waals surface area contributed by atoms with Crippen molar-refractivity contribution >= 4 is 35.0 Å². The predicted molar refractivity (Wildman–Crippen MR) is 153 cm³/mol. The highest BCUT2D eigenvalue weighted by Gasteiger charge is 2.28. The molecule has 1 aliphatic rings. The van der Waals surface area contributed by atoms with E-state index in [2.05, 4.69) is 36.3 Å². The Labute approximate surface area is 242 Å². The zero-order valence-electron chi connectivity index (χ0n) is 23.0. The minimum atomic E-state index is -0.807. The van der Waals surface area contributed by atoms with Gasteiger partial charge in [0, 0.05) is 24.9 Å². The molecule has 1 aromatic carbocycles. The van der Waals surface area contributed by atoms with Gasteiger partial charge in [0.05, 0.1) is 6.04 Å². The molecule has 0 fully saturated rings. The lowest BCUT2D eigenvalue weighted by atomic mass is 10.0. The lowest BCUT2D eigenvalue weighted by molar-refractivity contribution is -0.132. The number of hydrogen-bond donors (Lipinski definition) is 4. The molecule has 4 rings (SSSR count). The van der Waals surface area contributed by atoms with Crippen LogP contribution in [0.1, 0.15) is 72.6 Å². The first-order chi connectivity index (χ1) is 19.9. The summed E-state index contributed by atoms with van der Waals surface area (Å²) in [6.07, 6.45) is 6.17. The van der Waals surface area contributed by atoms with E-state index in [1.165, 1.54) is 17.7 Å². The van der Waals surface area contributed by atoms with Gasteiger partial charge < -0.3 is 21.3 Å². The SMILES string of the molecule is CC[C@H]1NC(=O)[C@@H](NC(=O)CCCn2cncn2)CCCCNC(=O)c2csc(n2)[C@H](Cc2ccccc2)NC1=O. The van der Waals surface area contributed by atoms with E-state index in [9.17, 15) is 19.2 Å². The Morgan fingerprint density at radius 3 is 2.66 bits per heavy atom. The number of fused-ring (bicyclic) bond motifs is 2. The topological polar surface area (TPSA) is 160 Å². The fourth-order valence-electron chi connectivity index (χ4n) is 4.55. The number of nitrogens with zero attached hydrogens (tertiary/aromatic N) is 4. The molecule has 218 valence electrons. The Kier molecular flexibility index (Phi) is 10.9. The molecule has 3 aromatic rings. The number of hydrogen-bond acceptors (Lipinski definition) is 8. The average Bonchev–Trinajstić information content (AvgIpc) is 3.67. The molecule has 1 aliphatic heterocycles. The van der Waals surface area contributed by atoms with Gasteiger partial charge in [-0.2, -0.15) is 5.10 Å². The molecule has 3 atom stereocenters. The monoisotopic (exact) mass is 580 g/mol. The van der Waals surface area contributed by atoms with Crippen LogP contribution >= 0.6 is 11.3 Å². The number of benzene rings is 1. The molecule has 3 heterocycles. The number of aryl methyl sites for hydroxylation is 1. The van der Waals surface area contributed by atoms with Crippen LogP contribution in [-0.4, -0.2) is 62.0 Å². The highest BCUT2D eigenvalue weighted by Crippen LogP contribution is 2.23. The number of amides is 4. The summed E-state index contributed by atoms with van der Waals surface area (Å²) in [5.74, 6) is -1.31. The quantitative estimate of drug-likeness (QED) is 0.317. The van der Waals surface area contributed by atoms with E-state index in [-0.39, 0.29) is 24.1 Å². The normalized spacial score (nSPS) is 20.5. The summed E-state index contributed by atoms with van der Waals surface area (Å²) in [5, 5.41) is 17.9. The first kappa shape index (κ1) is 29.8. The number of nitrogens with one attached hydrogen (secondary N) is 4. The van der Waals surface area contributed by atoms with E-state index in [4.69, 9.17) is 0 Å². The number of rotatable bonds is 8. The number of carbonyl (C=O) groups excluding carboxylic acids is 4. The first-order valence-corrected chi connectivity index (χ1v) is 14.8. The maximum absolute atomic E-state index is 13.4. The van der Waals surface area contributed by atoms with Crippen LogP contribution in [0.2, 0.25) is 0 Å². The van der Waals surface area contributed by atoms with E-state index in [1.807, 2.05) is 37.3 Å². The smallest absolute Gasteiger partial charge is 0.270 e. The zero-order valence-corrected chi connectivity index (χ0v) is 23.9. The third-order valence-electron chi connectivity index (χ3n) is 6.81. The lowest BCUT2D eigenvalue weighted by Crippen LogP contribution is -2.54. The van der Waals surface area contributed by atoms with Crippen molar-refractivity contribution < 1.29 is 19.2 Å². The molecule has 0 saturated carbocycles. The minimum absolute atomic E-state index is 0.216. The second kappa shape index (κ2) is 15.0. The zero-order chi connectivity index (χ0) is 29.0. The summed E-state index contributed by atoms with van der Waals surface area (Å²) in [6.45, 7) is 2.76. The fraction of sp³-hybridized carbons (Fsp3) is 0.464. The second-order valence-corrected chi connectivity index (χ2v) is 10.8. The summed E-state index contributed by atoms with van der Waals surface area (Å²) in [6, 6.07) is 7.59. The summed E-state index contributed by atoms with van der Waals surface area (Å²) < 4.78 is 1.64. The van der Waals surface area contributed by atoms with Crippen molar-refractivity contribution in [3.05, 3.63) is 64.6 Å². The van der Waals surface area contributed by atoms with Crippen LogP contribution in [-0.2, 0) is 27.3 Å². The molecule has 4 amide bonds. The van der Waals surface area contributed by atoms with Crippen LogP contribution in [0, 0.1) is 0 Å². The van der Waals surface area contributed by atoms with Crippen LogP contribution in [0.3, 0.4) is 0 Å². The molecule has 0 saturated heterocycles. The lowest BCUT2D eigenvalue weighted by Gasteiger charge is -2.25. The van der Waals surface area contributed by atoms with Gasteiger partial charge in [0.15, 0.2) is 0 Å². The minimum Gasteiger partial charge on any atom is -0.351 e. The van der Waals surface area contributed by atoms with Gasteiger partial charge in [-0.05, 0) is 44.1 Å². The predicted octanol–water partition coefficient (Wildman–Crippen LogP) is 1.91. The largest absolute Gasteiger partial charge is 0.351 e. The van der Waals surface area contributed by atoms with Gasteiger partial charge in [0.1, 0.15) is 35.4 Å². The molecule has 0 unspecified atom stereocenters. The molecule has 0 aliphatic carbocycles. The van der Waals surface area contributed by atoms with Crippen LogP contribution in [0.15, 0.2) is 48.4 Å². The third kappa shape index (κ3) is 8.93. The Morgan fingerprint density at radius 2 is 1.90 bits per heavy atom. The van der Waals surface area contributed by atoms with E-state index in [1.54, 1.807) is 16.4 Å². The summed E-state index contributed by atoms with van der Waals surface area (Å²) in [4.78, 5) is 60.6. The maximum Gasteiger partial charge on any atom is 0.270 e. The third-order valence-corrected chi connectivity index (χ3v) is 7.77. The van der Waals surface area contributed by atoms with Gasteiger partial charge in [-0.3, -0.25) is 23.9 Å². The van der Waals surface area contributed by atoms with Crippen molar-refractivity contribution in [3.8, 4) is 0 Å². The summed E-state index contributed by atoms with van der Waals surface area (Å²) in [5.41, 5.74) is 1.30. The van der Waals surface area contributed by atoms with Crippen LogP contribution in [0.5, 0.6) is 0 Å². The van der Waals surface area contributed by atoms with Crippen LogP contribution in [0.4, 0.5) is 0 Å². The van der Waals surface area contributed by atoms with Crippen molar-refractivity contribution in [2.75, 3.05) is 6.54 Å². The van der Waals surface area contributed by atoms with E-state index in [0.29, 0.717) is 62.3 Å². The molecule has 4 N–H and O–H groups in total. The van der Waals surface area contributed by atoms with Crippen molar-refractivity contribution in [2.45, 2.75) is 76.5 Å². The highest BCUT2D eigenvalue weighted by molar-refractivity contribution is 7.09.